The molecule has 2 amide bonds. The normalized spacial score (nSPS) is 16.6. The molecule has 130 valence electrons. The summed E-state index contributed by atoms with van der Waals surface area (Å²) in [6, 6.07) is 7.30. The van der Waals surface area contributed by atoms with Crippen LogP contribution in [0.15, 0.2) is 30.5 Å². The van der Waals surface area contributed by atoms with Gasteiger partial charge in [0.1, 0.15) is 18.1 Å². The number of amides is 2. The molecule has 1 aliphatic carbocycles. The van der Waals surface area contributed by atoms with Crippen molar-refractivity contribution in [1.82, 2.24) is 14.7 Å². The second kappa shape index (κ2) is 6.23. The van der Waals surface area contributed by atoms with Gasteiger partial charge in [0, 0.05) is 37.0 Å². The smallest absolute Gasteiger partial charge is 0.272 e. The minimum Gasteiger partial charge on any atom is -0.491 e. The van der Waals surface area contributed by atoms with Gasteiger partial charge in [-0.15, -0.1) is 0 Å². The van der Waals surface area contributed by atoms with Crippen molar-refractivity contribution in [3.8, 4) is 5.75 Å². The maximum Gasteiger partial charge on any atom is 0.272 e. The Morgan fingerprint density at radius 3 is 2.84 bits per heavy atom. The van der Waals surface area contributed by atoms with E-state index >= 15 is 0 Å². The molecule has 0 bridgehead atoms. The van der Waals surface area contributed by atoms with Crippen molar-refractivity contribution in [2.24, 2.45) is 13.0 Å². The van der Waals surface area contributed by atoms with Crippen LogP contribution in [0.25, 0.3) is 0 Å². The lowest BCUT2D eigenvalue weighted by Crippen LogP contribution is -2.33. The van der Waals surface area contributed by atoms with Gasteiger partial charge in [-0.2, -0.15) is 5.10 Å². The Morgan fingerprint density at radius 2 is 2.12 bits per heavy atom. The fraction of sp³-hybridized carbons (Fsp3) is 0.389. The number of carbonyl (C=O) groups is 2. The number of hydrogen-bond donors (Lipinski definition) is 1. The summed E-state index contributed by atoms with van der Waals surface area (Å²) in [6.07, 6.45) is 3.54. The molecular weight excluding hydrogens is 320 g/mol. The molecule has 1 saturated carbocycles. The summed E-state index contributed by atoms with van der Waals surface area (Å²) in [6.45, 7) is 1.37. The van der Waals surface area contributed by atoms with E-state index in [2.05, 4.69) is 10.4 Å². The Balaban J connectivity index is 1.55. The van der Waals surface area contributed by atoms with Crippen molar-refractivity contribution in [1.29, 1.82) is 0 Å². The first kappa shape index (κ1) is 15.7. The van der Waals surface area contributed by atoms with Gasteiger partial charge >= 0.3 is 0 Å². The van der Waals surface area contributed by atoms with E-state index < -0.39 is 0 Å². The third kappa shape index (κ3) is 3.22. The molecule has 0 radical (unpaired) electrons. The Kier molecular flexibility index (Phi) is 3.91. The lowest BCUT2D eigenvalue weighted by molar-refractivity contribution is -0.117. The van der Waals surface area contributed by atoms with E-state index in [1.807, 2.05) is 18.2 Å². The summed E-state index contributed by atoms with van der Waals surface area (Å²) in [5, 5.41) is 7.00. The molecule has 0 spiro atoms. The zero-order valence-corrected chi connectivity index (χ0v) is 14.1. The molecule has 0 saturated heterocycles. The molecule has 1 N–H and O–H groups in total. The van der Waals surface area contributed by atoms with Crippen molar-refractivity contribution < 1.29 is 14.3 Å². The summed E-state index contributed by atoms with van der Waals surface area (Å²) in [4.78, 5) is 26.4. The zero-order valence-electron chi connectivity index (χ0n) is 14.1. The molecule has 25 heavy (non-hydrogen) atoms. The first-order valence-electron chi connectivity index (χ1n) is 8.45. The minimum atomic E-state index is -0.0798. The van der Waals surface area contributed by atoms with Crippen molar-refractivity contribution in [2.45, 2.75) is 19.4 Å². The van der Waals surface area contributed by atoms with Crippen LogP contribution in [0.4, 0.5) is 5.69 Å². The van der Waals surface area contributed by atoms with Gasteiger partial charge in [0.25, 0.3) is 5.91 Å². The molecule has 2 aromatic rings. The van der Waals surface area contributed by atoms with Crippen LogP contribution in [0.3, 0.4) is 0 Å². The Hall–Kier alpha value is -2.83. The maximum atomic E-state index is 12.7. The van der Waals surface area contributed by atoms with E-state index in [1.54, 1.807) is 28.9 Å². The molecule has 2 heterocycles. The van der Waals surface area contributed by atoms with Crippen LogP contribution in [0, 0.1) is 5.92 Å². The van der Waals surface area contributed by atoms with Crippen LogP contribution in [0.2, 0.25) is 0 Å². The number of fused-ring (bicyclic) bond motifs is 1. The number of anilines is 1. The Morgan fingerprint density at radius 1 is 1.28 bits per heavy atom. The van der Waals surface area contributed by atoms with Gasteiger partial charge in [-0.3, -0.25) is 14.3 Å². The number of carbonyl (C=O) groups excluding carboxylic acids is 2. The quantitative estimate of drug-likeness (QED) is 0.924. The highest BCUT2D eigenvalue weighted by molar-refractivity contribution is 5.94. The monoisotopic (exact) mass is 340 g/mol. The average Bonchev–Trinajstić information content (AvgIpc) is 3.39. The van der Waals surface area contributed by atoms with Crippen molar-refractivity contribution in [3.05, 3.63) is 41.7 Å². The SMILES string of the molecule is Cn1nccc1C(=O)N1CCOc2ccc(NC(=O)C3CC3)cc2C1. The molecule has 0 atom stereocenters. The topological polar surface area (TPSA) is 76.5 Å². The number of aromatic nitrogens is 2. The lowest BCUT2D eigenvalue weighted by Gasteiger charge is -2.20. The number of hydrogen-bond acceptors (Lipinski definition) is 4. The molecule has 4 rings (SSSR count). The highest BCUT2D eigenvalue weighted by Gasteiger charge is 2.30. The standard InChI is InChI=1S/C18H20N4O3/c1-21-15(6-7-19-21)18(24)22-8-9-25-16-5-4-14(10-13(16)11-22)20-17(23)12-2-3-12/h4-7,10,12H,2-3,8-9,11H2,1H3,(H,20,23). The second-order valence-corrected chi connectivity index (χ2v) is 6.50. The molecule has 1 fully saturated rings. The van der Waals surface area contributed by atoms with E-state index in [9.17, 15) is 9.59 Å². The predicted octanol–water partition coefficient (Wildman–Crippen LogP) is 1.80. The van der Waals surface area contributed by atoms with Gasteiger partial charge in [-0.05, 0) is 37.1 Å². The first-order chi connectivity index (χ1) is 12.1. The predicted molar refractivity (Wildman–Crippen MR) is 91.2 cm³/mol. The van der Waals surface area contributed by atoms with Crippen LogP contribution < -0.4 is 10.1 Å². The summed E-state index contributed by atoms with van der Waals surface area (Å²) < 4.78 is 7.34. The van der Waals surface area contributed by atoms with E-state index in [-0.39, 0.29) is 17.7 Å². The molecule has 7 nitrogen and oxygen atoms in total. The van der Waals surface area contributed by atoms with Crippen molar-refractivity contribution in [3.63, 3.8) is 0 Å². The van der Waals surface area contributed by atoms with Gasteiger partial charge in [-0.25, -0.2) is 0 Å². The highest BCUT2D eigenvalue weighted by atomic mass is 16.5. The molecule has 1 aliphatic heterocycles. The number of ether oxygens (including phenoxy) is 1. The fourth-order valence-electron chi connectivity index (χ4n) is 2.98. The number of benzene rings is 1. The van der Waals surface area contributed by atoms with Gasteiger partial charge < -0.3 is 15.0 Å². The molecule has 0 unspecified atom stereocenters. The molecule has 1 aromatic heterocycles. The molecule has 7 heteroatoms. The summed E-state index contributed by atoms with van der Waals surface area (Å²) in [7, 11) is 1.75. The van der Waals surface area contributed by atoms with E-state index in [4.69, 9.17) is 4.74 Å². The van der Waals surface area contributed by atoms with E-state index in [0.29, 0.717) is 25.4 Å². The number of nitrogens with zero attached hydrogens (tertiary/aromatic N) is 3. The van der Waals surface area contributed by atoms with Crippen LogP contribution in [0.1, 0.15) is 28.9 Å². The number of nitrogens with one attached hydrogen (secondary N) is 1. The maximum absolute atomic E-state index is 12.7. The van der Waals surface area contributed by atoms with Crippen molar-refractivity contribution >= 4 is 17.5 Å². The molecule has 2 aliphatic rings. The molecule has 1 aromatic carbocycles. The third-order valence-corrected chi connectivity index (χ3v) is 4.58. The van der Waals surface area contributed by atoms with Gasteiger partial charge in [0.05, 0.1) is 6.54 Å². The van der Waals surface area contributed by atoms with Crippen LogP contribution in [0.5, 0.6) is 5.75 Å². The number of aryl methyl sites for hydroxylation is 1. The largest absolute Gasteiger partial charge is 0.491 e. The van der Waals surface area contributed by atoms with Gasteiger partial charge in [0.2, 0.25) is 5.91 Å². The summed E-state index contributed by atoms with van der Waals surface area (Å²) in [5.74, 6) is 0.892. The summed E-state index contributed by atoms with van der Waals surface area (Å²) >= 11 is 0. The van der Waals surface area contributed by atoms with E-state index in [1.165, 1.54) is 0 Å². The second-order valence-electron chi connectivity index (χ2n) is 6.50. The first-order valence-corrected chi connectivity index (χ1v) is 8.45. The zero-order chi connectivity index (χ0) is 17.4. The summed E-state index contributed by atoms with van der Waals surface area (Å²) in [5.41, 5.74) is 2.18. The van der Waals surface area contributed by atoms with Crippen LogP contribution in [-0.2, 0) is 18.4 Å². The minimum absolute atomic E-state index is 0.0670. The highest BCUT2D eigenvalue weighted by Crippen LogP contribution is 2.31. The number of rotatable bonds is 3. The van der Waals surface area contributed by atoms with Gasteiger partial charge in [-0.1, -0.05) is 0 Å². The Labute approximate surface area is 145 Å². The fourth-order valence-corrected chi connectivity index (χ4v) is 2.98. The lowest BCUT2D eigenvalue weighted by atomic mass is 10.1. The van der Waals surface area contributed by atoms with Gasteiger partial charge in [0.15, 0.2) is 0 Å². The van der Waals surface area contributed by atoms with Crippen LogP contribution >= 0.6 is 0 Å². The van der Waals surface area contributed by atoms with E-state index in [0.717, 1.165) is 29.8 Å². The van der Waals surface area contributed by atoms with Crippen LogP contribution in [-0.4, -0.2) is 39.6 Å². The molecular formula is C18H20N4O3. The Bertz CT molecular complexity index is 825. The third-order valence-electron chi connectivity index (χ3n) is 4.58. The van der Waals surface area contributed by atoms with Crippen molar-refractivity contribution in [2.75, 3.05) is 18.5 Å². The average molecular weight is 340 g/mol.